The molecule has 0 saturated carbocycles. The van der Waals surface area contributed by atoms with Crippen LogP contribution in [0.1, 0.15) is 6.92 Å². The van der Waals surface area contributed by atoms with E-state index in [1.807, 2.05) is 6.92 Å². The molecule has 1 aromatic carbocycles. The molecule has 0 saturated heterocycles. The average molecular weight is 189 g/mol. The molecule has 1 heterocycles. The van der Waals surface area contributed by atoms with Crippen LogP contribution in [-0.2, 0) is 6.54 Å². The lowest BCUT2D eigenvalue weighted by Crippen LogP contribution is -2.19. The van der Waals surface area contributed by atoms with E-state index in [-0.39, 0.29) is 5.56 Å². The molecule has 4 heteroatoms. The summed E-state index contributed by atoms with van der Waals surface area (Å²) in [6.45, 7) is 2.54. The zero-order valence-corrected chi connectivity index (χ0v) is 7.90. The third-order valence-corrected chi connectivity index (χ3v) is 2.19. The number of aryl methyl sites for hydroxylation is 1. The highest BCUT2D eigenvalue weighted by Gasteiger charge is 2.02. The maximum Gasteiger partial charge on any atom is 0.261 e. The van der Waals surface area contributed by atoms with Gasteiger partial charge in [0.15, 0.2) is 0 Å². The number of rotatable bonds is 1. The molecule has 14 heavy (non-hydrogen) atoms. The van der Waals surface area contributed by atoms with Crippen LogP contribution in [0.15, 0.2) is 29.3 Å². The second-order valence-corrected chi connectivity index (χ2v) is 3.11. The Morgan fingerprint density at radius 3 is 3.00 bits per heavy atom. The average Bonchev–Trinajstić information content (AvgIpc) is 2.18. The standard InChI is InChI=1S/C10H11N3O/c1-2-13-6-12-9-5-7(11)3-4-8(9)10(13)14/h3-6H,2,11H2,1H3. The van der Waals surface area contributed by atoms with Gasteiger partial charge in [0.05, 0.1) is 17.2 Å². The molecule has 0 unspecified atom stereocenters. The van der Waals surface area contributed by atoms with E-state index in [4.69, 9.17) is 5.73 Å². The molecule has 0 amide bonds. The predicted octanol–water partition coefficient (Wildman–Crippen LogP) is 0.999. The first-order valence-electron chi connectivity index (χ1n) is 4.47. The molecule has 2 aromatic rings. The Balaban J connectivity index is 2.84. The molecular weight excluding hydrogens is 178 g/mol. The zero-order valence-electron chi connectivity index (χ0n) is 7.90. The third kappa shape index (κ3) is 1.25. The minimum absolute atomic E-state index is 0.0162. The van der Waals surface area contributed by atoms with E-state index in [1.165, 1.54) is 0 Å². The number of aromatic nitrogens is 2. The summed E-state index contributed by atoms with van der Waals surface area (Å²) < 4.78 is 1.57. The highest BCUT2D eigenvalue weighted by Crippen LogP contribution is 2.10. The summed E-state index contributed by atoms with van der Waals surface area (Å²) in [4.78, 5) is 15.9. The monoisotopic (exact) mass is 189 g/mol. The summed E-state index contributed by atoms with van der Waals surface area (Å²) in [6, 6.07) is 5.13. The smallest absolute Gasteiger partial charge is 0.261 e. The fraction of sp³-hybridized carbons (Fsp3) is 0.200. The van der Waals surface area contributed by atoms with Crippen LogP contribution >= 0.6 is 0 Å². The van der Waals surface area contributed by atoms with Crippen molar-refractivity contribution in [3.05, 3.63) is 34.9 Å². The van der Waals surface area contributed by atoms with Gasteiger partial charge in [0.25, 0.3) is 5.56 Å². The predicted molar refractivity (Wildman–Crippen MR) is 56.1 cm³/mol. The van der Waals surface area contributed by atoms with E-state index < -0.39 is 0 Å². The Morgan fingerprint density at radius 2 is 2.29 bits per heavy atom. The van der Waals surface area contributed by atoms with Crippen LogP contribution in [-0.4, -0.2) is 9.55 Å². The third-order valence-electron chi connectivity index (χ3n) is 2.19. The molecule has 72 valence electrons. The first-order valence-corrected chi connectivity index (χ1v) is 4.47. The SMILES string of the molecule is CCn1cnc2cc(N)ccc2c1=O. The van der Waals surface area contributed by atoms with Crippen molar-refractivity contribution in [2.24, 2.45) is 0 Å². The van der Waals surface area contributed by atoms with Gasteiger partial charge in [0.2, 0.25) is 0 Å². The second-order valence-electron chi connectivity index (χ2n) is 3.11. The molecule has 0 fully saturated rings. The molecule has 2 N–H and O–H groups in total. The number of hydrogen-bond donors (Lipinski definition) is 1. The first-order chi connectivity index (χ1) is 6.72. The van der Waals surface area contributed by atoms with E-state index in [2.05, 4.69) is 4.98 Å². The number of benzene rings is 1. The number of anilines is 1. The Hall–Kier alpha value is -1.84. The summed E-state index contributed by atoms with van der Waals surface area (Å²) in [5, 5.41) is 0.614. The highest BCUT2D eigenvalue weighted by atomic mass is 16.1. The highest BCUT2D eigenvalue weighted by molar-refractivity contribution is 5.80. The summed E-state index contributed by atoms with van der Waals surface area (Å²) in [7, 11) is 0. The van der Waals surface area contributed by atoms with Gasteiger partial charge in [-0.1, -0.05) is 0 Å². The fourth-order valence-electron chi connectivity index (χ4n) is 1.40. The Bertz CT molecular complexity index is 530. The Morgan fingerprint density at radius 1 is 1.50 bits per heavy atom. The van der Waals surface area contributed by atoms with Gasteiger partial charge in [0.1, 0.15) is 0 Å². The molecule has 0 atom stereocenters. The Labute approximate surface area is 81.0 Å². The minimum Gasteiger partial charge on any atom is -0.399 e. The van der Waals surface area contributed by atoms with Crippen molar-refractivity contribution >= 4 is 16.6 Å². The summed E-state index contributed by atoms with van der Waals surface area (Å²) in [6.07, 6.45) is 1.55. The van der Waals surface area contributed by atoms with Gasteiger partial charge < -0.3 is 5.73 Å². The maximum absolute atomic E-state index is 11.8. The molecule has 1 aromatic heterocycles. The van der Waals surface area contributed by atoms with Gasteiger partial charge in [-0.05, 0) is 25.1 Å². The van der Waals surface area contributed by atoms with E-state index in [1.54, 1.807) is 29.1 Å². The zero-order chi connectivity index (χ0) is 10.1. The van der Waals surface area contributed by atoms with E-state index >= 15 is 0 Å². The summed E-state index contributed by atoms with van der Waals surface area (Å²) in [5.74, 6) is 0. The number of fused-ring (bicyclic) bond motifs is 1. The van der Waals surface area contributed by atoms with Crippen LogP contribution in [0.3, 0.4) is 0 Å². The lowest BCUT2D eigenvalue weighted by atomic mass is 10.2. The minimum atomic E-state index is -0.0162. The van der Waals surface area contributed by atoms with Crippen LogP contribution in [0.4, 0.5) is 5.69 Å². The van der Waals surface area contributed by atoms with E-state index in [9.17, 15) is 4.79 Å². The molecule has 2 rings (SSSR count). The first kappa shape index (κ1) is 8.74. The molecule has 4 nitrogen and oxygen atoms in total. The molecular formula is C10H11N3O. The van der Waals surface area contributed by atoms with Gasteiger partial charge in [-0.2, -0.15) is 0 Å². The maximum atomic E-state index is 11.8. The van der Waals surface area contributed by atoms with Crippen molar-refractivity contribution in [2.75, 3.05) is 5.73 Å². The number of nitrogens with two attached hydrogens (primary N) is 1. The van der Waals surface area contributed by atoms with Gasteiger partial charge in [0, 0.05) is 12.2 Å². The number of nitrogens with zero attached hydrogens (tertiary/aromatic N) is 2. The van der Waals surface area contributed by atoms with Crippen molar-refractivity contribution in [1.29, 1.82) is 0 Å². The van der Waals surface area contributed by atoms with Gasteiger partial charge in [-0.25, -0.2) is 4.98 Å². The van der Waals surface area contributed by atoms with Crippen molar-refractivity contribution in [3.8, 4) is 0 Å². The van der Waals surface area contributed by atoms with Crippen molar-refractivity contribution in [3.63, 3.8) is 0 Å². The molecule has 0 aliphatic heterocycles. The van der Waals surface area contributed by atoms with Gasteiger partial charge in [-0.3, -0.25) is 9.36 Å². The Kier molecular flexibility index (Phi) is 1.96. The van der Waals surface area contributed by atoms with Crippen LogP contribution in [0.25, 0.3) is 10.9 Å². The lowest BCUT2D eigenvalue weighted by Gasteiger charge is -2.03. The molecule has 0 aliphatic rings. The van der Waals surface area contributed by atoms with Crippen LogP contribution in [0, 0.1) is 0 Å². The second kappa shape index (κ2) is 3.14. The van der Waals surface area contributed by atoms with Crippen molar-refractivity contribution < 1.29 is 0 Å². The summed E-state index contributed by atoms with van der Waals surface area (Å²) >= 11 is 0. The fourth-order valence-corrected chi connectivity index (χ4v) is 1.40. The normalized spacial score (nSPS) is 10.6. The number of hydrogen-bond acceptors (Lipinski definition) is 3. The molecule has 0 spiro atoms. The molecule has 0 bridgehead atoms. The molecule has 0 radical (unpaired) electrons. The quantitative estimate of drug-likeness (QED) is 0.681. The van der Waals surface area contributed by atoms with Crippen LogP contribution in [0.5, 0.6) is 0 Å². The van der Waals surface area contributed by atoms with Gasteiger partial charge in [-0.15, -0.1) is 0 Å². The van der Waals surface area contributed by atoms with Gasteiger partial charge >= 0.3 is 0 Å². The van der Waals surface area contributed by atoms with Crippen LogP contribution < -0.4 is 11.3 Å². The topological polar surface area (TPSA) is 60.9 Å². The van der Waals surface area contributed by atoms with Crippen molar-refractivity contribution in [2.45, 2.75) is 13.5 Å². The van der Waals surface area contributed by atoms with E-state index in [0.29, 0.717) is 23.1 Å². The number of nitrogen functional groups attached to an aromatic ring is 1. The molecule has 0 aliphatic carbocycles. The largest absolute Gasteiger partial charge is 0.399 e. The summed E-state index contributed by atoms with van der Waals surface area (Å²) in [5.41, 5.74) is 6.86. The van der Waals surface area contributed by atoms with E-state index in [0.717, 1.165) is 0 Å². The lowest BCUT2D eigenvalue weighted by molar-refractivity contribution is 0.717. The van der Waals surface area contributed by atoms with Crippen molar-refractivity contribution in [1.82, 2.24) is 9.55 Å². The van der Waals surface area contributed by atoms with Crippen LogP contribution in [0.2, 0.25) is 0 Å².